The first-order chi connectivity index (χ1) is 13.7. The number of nitrogens with zero attached hydrogens (tertiary/aromatic N) is 1. The first-order valence-electron chi connectivity index (χ1n) is 9.63. The molecule has 1 heterocycles. The molecule has 1 aromatic heterocycles. The highest BCUT2D eigenvalue weighted by Gasteiger charge is 2.16. The number of fused-ring (bicyclic) bond motifs is 3. The van der Waals surface area contributed by atoms with E-state index in [9.17, 15) is 4.79 Å². The molecule has 1 unspecified atom stereocenters. The summed E-state index contributed by atoms with van der Waals surface area (Å²) in [6, 6.07) is 23.7. The van der Waals surface area contributed by atoms with Crippen molar-refractivity contribution in [3.05, 3.63) is 83.9 Å². The molecule has 0 spiro atoms. The summed E-state index contributed by atoms with van der Waals surface area (Å²) in [7, 11) is 0. The highest BCUT2D eigenvalue weighted by atomic mass is 16.5. The van der Waals surface area contributed by atoms with Gasteiger partial charge in [-0.3, -0.25) is 4.79 Å². The summed E-state index contributed by atoms with van der Waals surface area (Å²) in [5.74, 6) is -0.375. The van der Waals surface area contributed by atoms with Crippen molar-refractivity contribution in [1.82, 2.24) is 4.57 Å². The summed E-state index contributed by atoms with van der Waals surface area (Å²) < 4.78 is 7.79. The van der Waals surface area contributed by atoms with E-state index in [4.69, 9.17) is 10.5 Å². The molecule has 3 aromatic carbocycles. The van der Waals surface area contributed by atoms with Gasteiger partial charge in [-0.05, 0) is 42.7 Å². The molecule has 0 aliphatic carbocycles. The molecule has 142 valence electrons. The van der Waals surface area contributed by atoms with Gasteiger partial charge in [0.2, 0.25) is 0 Å². The number of rotatable bonds is 6. The van der Waals surface area contributed by atoms with Gasteiger partial charge < -0.3 is 15.0 Å². The van der Waals surface area contributed by atoms with E-state index >= 15 is 0 Å². The van der Waals surface area contributed by atoms with Crippen molar-refractivity contribution in [2.75, 3.05) is 0 Å². The molecular formula is C24H24N2O2. The van der Waals surface area contributed by atoms with Crippen LogP contribution in [0.3, 0.4) is 0 Å². The number of nitrogens with two attached hydrogens (primary N) is 1. The Bertz CT molecular complexity index is 1120. The molecule has 0 fully saturated rings. The Balaban J connectivity index is 1.50. The van der Waals surface area contributed by atoms with Crippen molar-refractivity contribution in [2.24, 2.45) is 5.73 Å². The molecule has 28 heavy (non-hydrogen) atoms. The second-order valence-corrected chi connectivity index (χ2v) is 7.02. The topological polar surface area (TPSA) is 57.2 Å². The number of aromatic nitrogens is 1. The Hall–Kier alpha value is -3.11. The van der Waals surface area contributed by atoms with Crippen molar-refractivity contribution < 1.29 is 9.53 Å². The number of hydrogen-bond acceptors (Lipinski definition) is 3. The minimum absolute atomic E-state index is 0.225. The average molecular weight is 372 g/mol. The van der Waals surface area contributed by atoms with Crippen LogP contribution in [0, 0.1) is 0 Å². The fourth-order valence-electron chi connectivity index (χ4n) is 3.74. The Kier molecular flexibility index (Phi) is 5.13. The van der Waals surface area contributed by atoms with Crippen molar-refractivity contribution in [3.63, 3.8) is 0 Å². The van der Waals surface area contributed by atoms with Crippen LogP contribution in [0.4, 0.5) is 0 Å². The fourth-order valence-corrected chi connectivity index (χ4v) is 3.74. The number of ether oxygens (including phenoxy) is 1. The molecule has 2 N–H and O–H groups in total. The zero-order valence-corrected chi connectivity index (χ0v) is 16.0. The van der Waals surface area contributed by atoms with Gasteiger partial charge in [0.1, 0.15) is 12.6 Å². The molecule has 0 aliphatic heterocycles. The Morgan fingerprint density at radius 2 is 1.64 bits per heavy atom. The minimum Gasteiger partial charge on any atom is -0.460 e. The highest BCUT2D eigenvalue weighted by molar-refractivity contribution is 6.08. The van der Waals surface area contributed by atoms with Crippen molar-refractivity contribution >= 4 is 27.8 Å². The monoisotopic (exact) mass is 372 g/mol. The van der Waals surface area contributed by atoms with Gasteiger partial charge in [0.15, 0.2) is 0 Å². The van der Waals surface area contributed by atoms with Crippen LogP contribution in [-0.4, -0.2) is 16.6 Å². The van der Waals surface area contributed by atoms with Crippen molar-refractivity contribution in [1.29, 1.82) is 0 Å². The van der Waals surface area contributed by atoms with Crippen LogP contribution >= 0.6 is 0 Å². The van der Waals surface area contributed by atoms with E-state index in [1.54, 1.807) is 0 Å². The first-order valence-corrected chi connectivity index (χ1v) is 9.63. The lowest BCUT2D eigenvalue weighted by atomic mass is 10.1. The summed E-state index contributed by atoms with van der Waals surface area (Å²) >= 11 is 0. The third-order valence-corrected chi connectivity index (χ3v) is 5.14. The molecule has 4 aromatic rings. The van der Waals surface area contributed by atoms with E-state index in [2.05, 4.69) is 47.9 Å². The molecule has 0 radical (unpaired) electrons. The summed E-state index contributed by atoms with van der Waals surface area (Å²) in [6.45, 7) is 3.28. The third kappa shape index (κ3) is 3.51. The predicted molar refractivity (Wildman–Crippen MR) is 113 cm³/mol. The van der Waals surface area contributed by atoms with Gasteiger partial charge in [0.05, 0.1) is 0 Å². The zero-order valence-electron chi connectivity index (χ0n) is 16.0. The van der Waals surface area contributed by atoms with Crippen LogP contribution < -0.4 is 5.73 Å². The van der Waals surface area contributed by atoms with Crippen LogP contribution in [-0.2, 0) is 29.1 Å². The van der Waals surface area contributed by atoms with E-state index in [-0.39, 0.29) is 12.6 Å². The number of aryl methyl sites for hydroxylation is 1. The molecule has 4 rings (SSSR count). The molecule has 4 nitrogen and oxygen atoms in total. The van der Waals surface area contributed by atoms with Gasteiger partial charge >= 0.3 is 5.97 Å². The lowest BCUT2D eigenvalue weighted by molar-refractivity contribution is -0.146. The molecule has 0 aliphatic rings. The molecule has 0 saturated carbocycles. The standard InChI is InChI=1S/C24H24N2O2/c1-2-26-22-11-7-6-10-19(22)20-14-18(12-13-23(20)26)16-28-24(27)21(25)15-17-8-4-3-5-9-17/h3-14,21H,2,15-16,25H2,1H3. The molecule has 4 heteroatoms. The van der Waals surface area contributed by atoms with E-state index in [0.717, 1.165) is 17.7 Å². The SMILES string of the molecule is CCn1c2ccccc2c2cc(COC(=O)C(N)Cc3ccccc3)ccc21. The van der Waals surface area contributed by atoms with E-state index in [1.807, 2.05) is 36.4 Å². The summed E-state index contributed by atoms with van der Waals surface area (Å²) in [5, 5.41) is 2.40. The van der Waals surface area contributed by atoms with Gasteiger partial charge in [-0.1, -0.05) is 54.6 Å². The largest absolute Gasteiger partial charge is 0.460 e. The minimum atomic E-state index is -0.659. The van der Waals surface area contributed by atoms with Gasteiger partial charge in [0, 0.05) is 28.4 Å². The van der Waals surface area contributed by atoms with Crippen LogP contribution in [0.5, 0.6) is 0 Å². The lowest BCUT2D eigenvalue weighted by Crippen LogP contribution is -2.34. The smallest absolute Gasteiger partial charge is 0.323 e. The Labute approximate surface area is 164 Å². The molecular weight excluding hydrogens is 348 g/mol. The van der Waals surface area contributed by atoms with Gasteiger partial charge in [-0.25, -0.2) is 0 Å². The number of esters is 1. The van der Waals surface area contributed by atoms with Crippen LogP contribution in [0.1, 0.15) is 18.1 Å². The van der Waals surface area contributed by atoms with E-state index < -0.39 is 6.04 Å². The third-order valence-electron chi connectivity index (χ3n) is 5.14. The molecule has 0 bridgehead atoms. The summed E-state index contributed by atoms with van der Waals surface area (Å²) in [5.41, 5.74) is 10.4. The number of carbonyl (C=O) groups excluding carboxylic acids is 1. The van der Waals surface area contributed by atoms with Crippen molar-refractivity contribution in [3.8, 4) is 0 Å². The second kappa shape index (κ2) is 7.87. The number of carbonyl (C=O) groups is 1. The average Bonchev–Trinajstić information content (AvgIpc) is 3.05. The molecule has 1 atom stereocenters. The van der Waals surface area contributed by atoms with Gasteiger partial charge in [-0.2, -0.15) is 0 Å². The van der Waals surface area contributed by atoms with E-state index in [0.29, 0.717) is 6.42 Å². The summed E-state index contributed by atoms with van der Waals surface area (Å²) in [6.07, 6.45) is 0.475. The van der Waals surface area contributed by atoms with Gasteiger partial charge in [0.25, 0.3) is 0 Å². The number of para-hydroxylation sites is 1. The van der Waals surface area contributed by atoms with Crippen LogP contribution in [0.15, 0.2) is 72.8 Å². The highest BCUT2D eigenvalue weighted by Crippen LogP contribution is 2.29. The predicted octanol–water partition coefficient (Wildman–Crippen LogP) is 4.43. The summed E-state index contributed by atoms with van der Waals surface area (Å²) in [4.78, 5) is 12.3. The maximum atomic E-state index is 12.3. The molecule has 0 amide bonds. The van der Waals surface area contributed by atoms with Crippen LogP contribution in [0.25, 0.3) is 21.8 Å². The second-order valence-electron chi connectivity index (χ2n) is 7.02. The number of hydrogen-bond donors (Lipinski definition) is 1. The van der Waals surface area contributed by atoms with Gasteiger partial charge in [-0.15, -0.1) is 0 Å². The number of benzene rings is 3. The zero-order chi connectivity index (χ0) is 19.5. The Morgan fingerprint density at radius 3 is 2.43 bits per heavy atom. The lowest BCUT2D eigenvalue weighted by Gasteiger charge is -2.12. The van der Waals surface area contributed by atoms with E-state index in [1.165, 1.54) is 21.8 Å². The molecule has 0 saturated heterocycles. The Morgan fingerprint density at radius 1 is 0.929 bits per heavy atom. The van der Waals surface area contributed by atoms with Crippen LogP contribution in [0.2, 0.25) is 0 Å². The first kappa shape index (κ1) is 18.3. The quantitative estimate of drug-likeness (QED) is 0.510. The van der Waals surface area contributed by atoms with Crippen molar-refractivity contribution in [2.45, 2.75) is 32.5 Å². The normalized spacial score (nSPS) is 12.4. The maximum Gasteiger partial charge on any atom is 0.323 e. The maximum absolute atomic E-state index is 12.3. The fraction of sp³-hybridized carbons (Fsp3) is 0.208.